The Bertz CT molecular complexity index is 318. The molecule has 1 aliphatic rings. The molecule has 1 rings (SSSR count). The van der Waals surface area contributed by atoms with Crippen LogP contribution in [0.25, 0.3) is 0 Å². The molecule has 0 radical (unpaired) electrons. The lowest BCUT2D eigenvalue weighted by Crippen LogP contribution is -2.51. The van der Waals surface area contributed by atoms with E-state index in [4.69, 9.17) is 0 Å². The van der Waals surface area contributed by atoms with Crippen LogP contribution in [-0.4, -0.2) is 49.6 Å². The monoisotopic (exact) mass is 270 g/mol. The lowest BCUT2D eigenvalue weighted by Gasteiger charge is -2.36. The molecule has 1 N–H and O–H groups in total. The molecule has 0 aromatic heterocycles. The molecule has 0 aromatic rings. The average Bonchev–Trinajstić information content (AvgIpc) is 2.35. The standard InChI is InChI=1S/C14H26N2O3/c1-10(2)14(18)15-12-7-11(3)8-16(9-12)6-5-13(17)19-4/h10-12H,5-9H2,1-4H3,(H,15,18). The molecule has 2 unspecified atom stereocenters. The first kappa shape index (κ1) is 16.0. The van der Waals surface area contributed by atoms with Crippen LogP contribution < -0.4 is 5.32 Å². The molecule has 1 heterocycles. The maximum absolute atomic E-state index is 11.7. The number of esters is 1. The second-order valence-electron chi connectivity index (χ2n) is 5.79. The minimum Gasteiger partial charge on any atom is -0.469 e. The third kappa shape index (κ3) is 5.59. The van der Waals surface area contributed by atoms with Crippen molar-refractivity contribution in [2.24, 2.45) is 11.8 Å². The zero-order valence-electron chi connectivity index (χ0n) is 12.4. The van der Waals surface area contributed by atoms with Gasteiger partial charge >= 0.3 is 5.97 Å². The Hall–Kier alpha value is -1.10. The van der Waals surface area contributed by atoms with E-state index in [-0.39, 0.29) is 23.8 Å². The first-order valence-electron chi connectivity index (χ1n) is 7.02. The Kier molecular flexibility index (Phi) is 6.28. The normalized spacial score (nSPS) is 24.3. The van der Waals surface area contributed by atoms with Gasteiger partial charge in [-0.1, -0.05) is 20.8 Å². The fraction of sp³-hybridized carbons (Fsp3) is 0.857. The maximum atomic E-state index is 11.7. The molecule has 0 spiro atoms. The Morgan fingerprint density at radius 1 is 1.37 bits per heavy atom. The number of amides is 1. The van der Waals surface area contributed by atoms with Crippen LogP contribution in [0.4, 0.5) is 0 Å². The number of piperidine rings is 1. The van der Waals surface area contributed by atoms with E-state index < -0.39 is 0 Å². The van der Waals surface area contributed by atoms with Gasteiger partial charge in [0.2, 0.25) is 5.91 Å². The molecule has 0 saturated carbocycles. The zero-order chi connectivity index (χ0) is 14.4. The van der Waals surface area contributed by atoms with Crippen molar-refractivity contribution in [3.05, 3.63) is 0 Å². The number of nitrogens with zero attached hydrogens (tertiary/aromatic N) is 1. The van der Waals surface area contributed by atoms with Crippen molar-refractivity contribution in [3.8, 4) is 0 Å². The zero-order valence-corrected chi connectivity index (χ0v) is 12.4. The number of rotatable bonds is 5. The first-order valence-corrected chi connectivity index (χ1v) is 7.02. The predicted octanol–water partition coefficient (Wildman–Crippen LogP) is 1.03. The lowest BCUT2D eigenvalue weighted by atomic mass is 9.95. The summed E-state index contributed by atoms with van der Waals surface area (Å²) in [4.78, 5) is 25.1. The molecule has 1 amide bonds. The summed E-state index contributed by atoms with van der Waals surface area (Å²) in [5.74, 6) is 0.470. The van der Waals surface area contributed by atoms with E-state index in [0.29, 0.717) is 18.9 Å². The first-order chi connectivity index (χ1) is 8.92. The number of ether oxygens (including phenoxy) is 1. The molecule has 19 heavy (non-hydrogen) atoms. The number of carbonyl (C=O) groups is 2. The number of methoxy groups -OCH3 is 1. The Labute approximate surface area is 115 Å². The predicted molar refractivity (Wildman–Crippen MR) is 73.6 cm³/mol. The van der Waals surface area contributed by atoms with Gasteiger partial charge in [0.1, 0.15) is 0 Å². The van der Waals surface area contributed by atoms with Gasteiger partial charge < -0.3 is 15.0 Å². The summed E-state index contributed by atoms with van der Waals surface area (Å²) >= 11 is 0. The van der Waals surface area contributed by atoms with Gasteiger partial charge in [0.25, 0.3) is 0 Å². The van der Waals surface area contributed by atoms with Gasteiger partial charge in [-0.05, 0) is 12.3 Å². The van der Waals surface area contributed by atoms with E-state index in [0.717, 1.165) is 19.5 Å². The van der Waals surface area contributed by atoms with E-state index in [1.807, 2.05) is 13.8 Å². The van der Waals surface area contributed by atoms with Crippen LogP contribution in [0.3, 0.4) is 0 Å². The van der Waals surface area contributed by atoms with Gasteiger partial charge in [-0.25, -0.2) is 0 Å². The topological polar surface area (TPSA) is 58.6 Å². The van der Waals surface area contributed by atoms with Crippen LogP contribution in [-0.2, 0) is 14.3 Å². The van der Waals surface area contributed by atoms with E-state index >= 15 is 0 Å². The molecule has 5 heteroatoms. The molecule has 1 saturated heterocycles. The van der Waals surface area contributed by atoms with E-state index in [1.165, 1.54) is 7.11 Å². The van der Waals surface area contributed by atoms with Crippen molar-refractivity contribution >= 4 is 11.9 Å². The van der Waals surface area contributed by atoms with E-state index in [1.54, 1.807) is 0 Å². The maximum Gasteiger partial charge on any atom is 0.306 e. The molecular weight excluding hydrogens is 244 g/mol. The average molecular weight is 270 g/mol. The summed E-state index contributed by atoms with van der Waals surface area (Å²) in [6, 6.07) is 0.191. The van der Waals surface area contributed by atoms with Gasteiger partial charge in [0, 0.05) is 31.6 Å². The van der Waals surface area contributed by atoms with Gasteiger partial charge in [-0.15, -0.1) is 0 Å². The van der Waals surface area contributed by atoms with Crippen molar-refractivity contribution in [1.82, 2.24) is 10.2 Å². The Morgan fingerprint density at radius 3 is 2.63 bits per heavy atom. The number of nitrogens with one attached hydrogen (secondary N) is 1. The van der Waals surface area contributed by atoms with Crippen molar-refractivity contribution < 1.29 is 14.3 Å². The number of carbonyl (C=O) groups excluding carboxylic acids is 2. The second kappa shape index (κ2) is 7.48. The van der Waals surface area contributed by atoms with Crippen LogP contribution in [0.1, 0.15) is 33.6 Å². The summed E-state index contributed by atoms with van der Waals surface area (Å²) in [6.07, 6.45) is 1.42. The third-order valence-corrected chi connectivity index (χ3v) is 3.47. The van der Waals surface area contributed by atoms with Crippen LogP contribution in [0.5, 0.6) is 0 Å². The Balaban J connectivity index is 2.43. The second-order valence-corrected chi connectivity index (χ2v) is 5.79. The molecule has 2 atom stereocenters. The fourth-order valence-electron chi connectivity index (χ4n) is 2.47. The highest BCUT2D eigenvalue weighted by molar-refractivity contribution is 5.78. The number of hydrogen-bond donors (Lipinski definition) is 1. The van der Waals surface area contributed by atoms with Crippen LogP contribution in [0.15, 0.2) is 0 Å². The van der Waals surface area contributed by atoms with Crippen LogP contribution in [0.2, 0.25) is 0 Å². The van der Waals surface area contributed by atoms with E-state index in [2.05, 4.69) is 21.9 Å². The third-order valence-electron chi connectivity index (χ3n) is 3.47. The smallest absolute Gasteiger partial charge is 0.306 e. The van der Waals surface area contributed by atoms with Crippen molar-refractivity contribution in [2.45, 2.75) is 39.7 Å². The molecule has 0 aromatic carbocycles. The summed E-state index contributed by atoms with van der Waals surface area (Å²) in [5.41, 5.74) is 0. The molecular formula is C14H26N2O3. The highest BCUT2D eigenvalue weighted by atomic mass is 16.5. The van der Waals surface area contributed by atoms with E-state index in [9.17, 15) is 9.59 Å². The minimum atomic E-state index is -0.180. The van der Waals surface area contributed by atoms with Crippen molar-refractivity contribution in [2.75, 3.05) is 26.7 Å². The van der Waals surface area contributed by atoms with Crippen molar-refractivity contribution in [1.29, 1.82) is 0 Å². The summed E-state index contributed by atoms with van der Waals surface area (Å²) in [7, 11) is 1.41. The quantitative estimate of drug-likeness (QED) is 0.758. The van der Waals surface area contributed by atoms with Gasteiger partial charge in [-0.2, -0.15) is 0 Å². The molecule has 110 valence electrons. The van der Waals surface area contributed by atoms with Crippen LogP contribution >= 0.6 is 0 Å². The van der Waals surface area contributed by atoms with Crippen molar-refractivity contribution in [3.63, 3.8) is 0 Å². The largest absolute Gasteiger partial charge is 0.469 e. The number of likely N-dealkylation sites (tertiary alicyclic amines) is 1. The molecule has 5 nitrogen and oxygen atoms in total. The fourth-order valence-corrected chi connectivity index (χ4v) is 2.47. The van der Waals surface area contributed by atoms with Gasteiger partial charge in [0.15, 0.2) is 0 Å². The molecule has 0 aliphatic carbocycles. The highest BCUT2D eigenvalue weighted by Gasteiger charge is 2.26. The lowest BCUT2D eigenvalue weighted by molar-refractivity contribution is -0.141. The molecule has 0 bridgehead atoms. The minimum absolute atomic E-state index is 0.0146. The molecule has 1 fully saturated rings. The van der Waals surface area contributed by atoms with Crippen LogP contribution in [0, 0.1) is 11.8 Å². The van der Waals surface area contributed by atoms with Gasteiger partial charge in [-0.3, -0.25) is 9.59 Å². The summed E-state index contributed by atoms with van der Waals surface area (Å²) < 4.78 is 4.66. The summed E-state index contributed by atoms with van der Waals surface area (Å²) in [5, 5.41) is 3.08. The molecule has 1 aliphatic heterocycles. The highest BCUT2D eigenvalue weighted by Crippen LogP contribution is 2.17. The Morgan fingerprint density at radius 2 is 2.05 bits per heavy atom. The SMILES string of the molecule is COC(=O)CCN1CC(C)CC(NC(=O)C(C)C)C1. The van der Waals surface area contributed by atoms with Gasteiger partial charge in [0.05, 0.1) is 13.5 Å². The number of hydrogen-bond acceptors (Lipinski definition) is 4. The summed E-state index contributed by atoms with van der Waals surface area (Å²) in [6.45, 7) is 8.47.